The van der Waals surface area contributed by atoms with Gasteiger partial charge in [-0.25, -0.2) is 9.97 Å². The number of rotatable bonds is 6. The average Bonchev–Trinajstić information content (AvgIpc) is 3.33. The van der Waals surface area contributed by atoms with Gasteiger partial charge in [-0.15, -0.1) is 0 Å². The van der Waals surface area contributed by atoms with Crippen LogP contribution in [0.4, 0.5) is 11.8 Å². The molecule has 3 heterocycles. The fourth-order valence-corrected chi connectivity index (χ4v) is 4.64. The van der Waals surface area contributed by atoms with Crippen molar-refractivity contribution in [3.05, 3.63) is 77.6 Å². The third-order valence-electron chi connectivity index (χ3n) is 6.46. The highest BCUT2D eigenvalue weighted by molar-refractivity contribution is 5.92. The number of aromatic amines is 1. The smallest absolute Gasteiger partial charge is 0.228 e. The molecule has 2 aromatic heterocycles. The van der Waals surface area contributed by atoms with Gasteiger partial charge in [-0.05, 0) is 35.7 Å². The fourth-order valence-electron chi connectivity index (χ4n) is 4.64. The predicted molar refractivity (Wildman–Crippen MR) is 137 cm³/mol. The van der Waals surface area contributed by atoms with E-state index in [0.717, 1.165) is 53.1 Å². The number of fused-ring (bicyclic) bond motifs is 3. The highest BCUT2D eigenvalue weighted by Gasteiger charge is 2.21. The summed E-state index contributed by atoms with van der Waals surface area (Å²) in [6.07, 6.45) is 0.964. The predicted octanol–water partition coefficient (Wildman–Crippen LogP) is 4.70. The molecule has 0 amide bonds. The molecule has 0 saturated carbocycles. The van der Waals surface area contributed by atoms with Crippen LogP contribution in [0.15, 0.2) is 60.7 Å². The molecule has 1 aliphatic heterocycles. The number of methoxy groups -OCH3 is 2. The van der Waals surface area contributed by atoms with Gasteiger partial charge in [0.1, 0.15) is 11.6 Å². The van der Waals surface area contributed by atoms with Crippen molar-refractivity contribution in [1.82, 2.24) is 19.9 Å². The molecule has 0 atom stereocenters. The lowest BCUT2D eigenvalue weighted by Gasteiger charge is -2.29. The minimum absolute atomic E-state index is 0.497. The molecule has 35 heavy (non-hydrogen) atoms. The van der Waals surface area contributed by atoms with Gasteiger partial charge < -0.3 is 24.7 Å². The lowest BCUT2D eigenvalue weighted by Crippen LogP contribution is -2.31. The van der Waals surface area contributed by atoms with Crippen LogP contribution in [0.1, 0.15) is 17.0 Å². The van der Waals surface area contributed by atoms with Crippen molar-refractivity contribution in [2.24, 2.45) is 0 Å². The Morgan fingerprint density at radius 3 is 2.49 bits per heavy atom. The maximum atomic E-state index is 5.55. The van der Waals surface area contributed by atoms with E-state index in [0.29, 0.717) is 24.0 Å². The number of imidazole rings is 1. The van der Waals surface area contributed by atoms with Gasteiger partial charge in [0.05, 0.1) is 37.3 Å². The molecule has 0 fully saturated rings. The molecule has 0 spiro atoms. The number of nitrogens with zero attached hydrogens (tertiary/aromatic N) is 4. The van der Waals surface area contributed by atoms with E-state index in [2.05, 4.69) is 44.5 Å². The Bertz CT molecular complexity index is 1500. The second kappa shape index (κ2) is 8.79. The summed E-state index contributed by atoms with van der Waals surface area (Å²) in [5, 5.41) is 4.35. The standard InChI is InChI=1S/C27H26N6O2/c1-34-23-13-19-22(14-24(23)35-2)31-27(33-12-11-17-7-3-4-8-18(17)16-33)32-26(19)28-15-25-29-20-9-5-6-10-21(20)30-25/h3-10,13-14H,11-12,15-16H2,1-2H3,(H,29,30)(H,28,31,32). The summed E-state index contributed by atoms with van der Waals surface area (Å²) in [5.41, 5.74) is 5.44. The Kier molecular flexibility index (Phi) is 5.33. The van der Waals surface area contributed by atoms with Crippen molar-refractivity contribution >= 4 is 33.7 Å². The van der Waals surface area contributed by atoms with Gasteiger partial charge in [0.2, 0.25) is 5.95 Å². The van der Waals surface area contributed by atoms with Gasteiger partial charge in [0.25, 0.3) is 0 Å². The first-order valence-corrected chi connectivity index (χ1v) is 11.6. The number of anilines is 2. The van der Waals surface area contributed by atoms with Crippen LogP contribution in [0.2, 0.25) is 0 Å². The third-order valence-corrected chi connectivity index (χ3v) is 6.46. The Labute approximate surface area is 202 Å². The Balaban J connectivity index is 1.39. The van der Waals surface area contributed by atoms with Crippen molar-refractivity contribution < 1.29 is 9.47 Å². The van der Waals surface area contributed by atoms with Crippen LogP contribution in [-0.4, -0.2) is 40.7 Å². The van der Waals surface area contributed by atoms with Gasteiger partial charge in [0, 0.05) is 24.5 Å². The van der Waals surface area contributed by atoms with Crippen molar-refractivity contribution in [3.63, 3.8) is 0 Å². The molecule has 0 aliphatic carbocycles. The zero-order valence-corrected chi connectivity index (χ0v) is 19.7. The van der Waals surface area contributed by atoms with E-state index in [1.165, 1.54) is 11.1 Å². The summed E-state index contributed by atoms with van der Waals surface area (Å²) in [7, 11) is 3.26. The second-order valence-electron chi connectivity index (χ2n) is 8.59. The summed E-state index contributed by atoms with van der Waals surface area (Å²) in [6.45, 7) is 2.13. The van der Waals surface area contributed by atoms with Gasteiger partial charge >= 0.3 is 0 Å². The average molecular weight is 467 g/mol. The van der Waals surface area contributed by atoms with Crippen LogP contribution in [0.25, 0.3) is 21.9 Å². The molecule has 0 unspecified atom stereocenters. The molecule has 1 aliphatic rings. The first-order chi connectivity index (χ1) is 17.2. The Hall–Kier alpha value is -4.33. The zero-order chi connectivity index (χ0) is 23.8. The monoisotopic (exact) mass is 466 g/mol. The highest BCUT2D eigenvalue weighted by atomic mass is 16.5. The summed E-state index contributed by atoms with van der Waals surface area (Å²) < 4.78 is 11.1. The number of para-hydroxylation sites is 2. The van der Waals surface area contributed by atoms with Crippen molar-refractivity contribution in [3.8, 4) is 11.5 Å². The maximum absolute atomic E-state index is 5.55. The summed E-state index contributed by atoms with van der Waals surface area (Å²) in [5.74, 6) is 3.52. The molecule has 8 heteroatoms. The van der Waals surface area contributed by atoms with Gasteiger partial charge in [-0.1, -0.05) is 36.4 Å². The largest absolute Gasteiger partial charge is 0.493 e. The summed E-state index contributed by atoms with van der Waals surface area (Å²) in [4.78, 5) is 20.2. The van der Waals surface area contributed by atoms with E-state index in [9.17, 15) is 0 Å². The molecule has 2 N–H and O–H groups in total. The zero-order valence-electron chi connectivity index (χ0n) is 19.7. The summed E-state index contributed by atoms with van der Waals surface area (Å²) in [6, 6.07) is 20.4. The number of H-pyrrole nitrogens is 1. The number of benzene rings is 3. The van der Waals surface area contributed by atoms with Gasteiger partial charge in [0.15, 0.2) is 11.5 Å². The number of ether oxygens (including phenoxy) is 2. The second-order valence-corrected chi connectivity index (χ2v) is 8.59. The first-order valence-electron chi connectivity index (χ1n) is 11.6. The number of hydrogen-bond donors (Lipinski definition) is 2. The van der Waals surface area contributed by atoms with E-state index in [-0.39, 0.29) is 0 Å². The molecule has 176 valence electrons. The van der Waals surface area contributed by atoms with E-state index in [1.54, 1.807) is 14.2 Å². The number of aromatic nitrogens is 4. The van der Waals surface area contributed by atoms with Crippen molar-refractivity contribution in [2.75, 3.05) is 31.0 Å². The number of nitrogens with one attached hydrogen (secondary N) is 2. The fraction of sp³-hybridized carbons (Fsp3) is 0.222. The first kappa shape index (κ1) is 21.2. The van der Waals surface area contributed by atoms with E-state index in [4.69, 9.17) is 19.4 Å². The minimum Gasteiger partial charge on any atom is -0.493 e. The van der Waals surface area contributed by atoms with E-state index in [1.807, 2.05) is 36.4 Å². The molecule has 3 aromatic carbocycles. The van der Waals surface area contributed by atoms with E-state index < -0.39 is 0 Å². The van der Waals surface area contributed by atoms with Gasteiger partial charge in [-0.3, -0.25) is 0 Å². The molecule has 5 aromatic rings. The Morgan fingerprint density at radius 2 is 1.66 bits per heavy atom. The molecular formula is C27H26N6O2. The number of hydrogen-bond acceptors (Lipinski definition) is 7. The normalized spacial score (nSPS) is 13.1. The van der Waals surface area contributed by atoms with Crippen LogP contribution < -0.4 is 19.7 Å². The lowest BCUT2D eigenvalue weighted by atomic mass is 10.0. The van der Waals surface area contributed by atoms with Crippen LogP contribution in [0.3, 0.4) is 0 Å². The van der Waals surface area contributed by atoms with Crippen molar-refractivity contribution in [2.45, 2.75) is 19.5 Å². The minimum atomic E-state index is 0.497. The summed E-state index contributed by atoms with van der Waals surface area (Å²) >= 11 is 0. The topological polar surface area (TPSA) is 88.2 Å². The van der Waals surface area contributed by atoms with Crippen LogP contribution in [0.5, 0.6) is 11.5 Å². The van der Waals surface area contributed by atoms with E-state index >= 15 is 0 Å². The van der Waals surface area contributed by atoms with Crippen LogP contribution >= 0.6 is 0 Å². The molecule has 6 rings (SSSR count). The van der Waals surface area contributed by atoms with Crippen molar-refractivity contribution in [1.29, 1.82) is 0 Å². The molecule has 0 radical (unpaired) electrons. The third kappa shape index (κ3) is 3.97. The quantitative estimate of drug-likeness (QED) is 0.375. The highest BCUT2D eigenvalue weighted by Crippen LogP contribution is 2.35. The lowest BCUT2D eigenvalue weighted by molar-refractivity contribution is 0.356. The Morgan fingerprint density at radius 1 is 0.886 bits per heavy atom. The van der Waals surface area contributed by atoms with Crippen LogP contribution in [-0.2, 0) is 19.5 Å². The molecule has 8 nitrogen and oxygen atoms in total. The SMILES string of the molecule is COc1cc2nc(N3CCc4ccccc4C3)nc(NCc3nc4ccccc4[nH]3)c2cc1OC. The molecule has 0 bridgehead atoms. The maximum Gasteiger partial charge on any atom is 0.228 e. The molecule has 0 saturated heterocycles. The molecular weight excluding hydrogens is 440 g/mol. The van der Waals surface area contributed by atoms with Crippen LogP contribution in [0, 0.1) is 0 Å². The van der Waals surface area contributed by atoms with Gasteiger partial charge in [-0.2, -0.15) is 4.98 Å².